The molecule has 0 fully saturated rings. The van der Waals surface area contributed by atoms with Gasteiger partial charge < -0.3 is 0 Å². The molecule has 0 bridgehead atoms. The van der Waals surface area contributed by atoms with E-state index in [4.69, 9.17) is 4.55 Å². The Morgan fingerprint density at radius 3 is 1.75 bits per heavy atom. The van der Waals surface area contributed by atoms with Crippen molar-refractivity contribution in [3.8, 4) is 0 Å². The number of rotatable bonds is 1. The minimum Gasteiger partial charge on any atom is -0.282 e. The maximum Gasteiger partial charge on any atom is 0.287 e. The maximum atomic E-state index is 9.44. The lowest BCUT2D eigenvalue weighted by atomic mass is 10.5. The van der Waals surface area contributed by atoms with Crippen LogP contribution in [0.25, 0.3) is 0 Å². The van der Waals surface area contributed by atoms with Gasteiger partial charge in [0, 0.05) is 12.4 Å². The van der Waals surface area contributed by atoms with E-state index in [9.17, 15) is 8.42 Å². The summed E-state index contributed by atoms with van der Waals surface area (Å²) in [6, 6.07) is 5.72. The van der Waals surface area contributed by atoms with Crippen LogP contribution in [-0.2, 0) is 10.1 Å². The summed E-state index contributed by atoms with van der Waals surface area (Å²) >= 11 is 0. The molecule has 1 heterocycles. The smallest absolute Gasteiger partial charge is 0.282 e. The first-order chi connectivity index (χ1) is 5.56. The highest BCUT2D eigenvalue weighted by molar-refractivity contribution is 7.88. The fraction of sp³-hybridized carbons (Fsp3) is 0. The van der Waals surface area contributed by atoms with Crippen molar-refractivity contribution in [2.24, 2.45) is 0 Å². The van der Waals surface area contributed by atoms with Crippen molar-refractivity contribution >= 4 is 10.1 Å². The molecule has 0 saturated carbocycles. The third-order valence-corrected chi connectivity index (χ3v) is 1.20. The summed E-state index contributed by atoms with van der Waals surface area (Å²) in [4.78, 5) is 3.78. The van der Waals surface area contributed by atoms with Crippen molar-refractivity contribution in [3.63, 3.8) is 0 Å². The van der Waals surface area contributed by atoms with E-state index in [1.807, 2.05) is 18.2 Å². The van der Waals surface area contributed by atoms with Gasteiger partial charge in [0.15, 0.2) is 0 Å². The van der Waals surface area contributed by atoms with Crippen molar-refractivity contribution in [1.29, 1.82) is 0 Å². The zero-order valence-corrected chi connectivity index (χ0v) is 7.11. The van der Waals surface area contributed by atoms with Gasteiger partial charge in [-0.1, -0.05) is 12.6 Å². The molecular formula is C7H9NO3S. The molecule has 0 spiro atoms. The van der Waals surface area contributed by atoms with Crippen LogP contribution in [0.3, 0.4) is 0 Å². The van der Waals surface area contributed by atoms with Crippen LogP contribution in [0, 0.1) is 0 Å². The first-order valence-corrected chi connectivity index (χ1v) is 4.51. The van der Waals surface area contributed by atoms with Gasteiger partial charge in [-0.25, -0.2) is 0 Å². The van der Waals surface area contributed by atoms with Gasteiger partial charge >= 0.3 is 0 Å². The predicted molar refractivity (Wildman–Crippen MR) is 46.0 cm³/mol. The summed E-state index contributed by atoms with van der Waals surface area (Å²) in [6.07, 6.45) is 3.50. The van der Waals surface area contributed by atoms with Gasteiger partial charge in [-0.2, -0.15) is 8.42 Å². The Hall–Kier alpha value is -1.20. The van der Waals surface area contributed by atoms with Crippen LogP contribution < -0.4 is 0 Å². The molecule has 0 aliphatic rings. The van der Waals surface area contributed by atoms with Crippen molar-refractivity contribution < 1.29 is 13.0 Å². The van der Waals surface area contributed by atoms with E-state index in [-0.39, 0.29) is 0 Å². The molecule has 1 aromatic rings. The quantitative estimate of drug-likeness (QED) is 0.668. The first kappa shape index (κ1) is 10.8. The van der Waals surface area contributed by atoms with Crippen molar-refractivity contribution in [3.05, 3.63) is 42.6 Å². The van der Waals surface area contributed by atoms with Crippen LogP contribution in [0.15, 0.2) is 42.6 Å². The highest BCUT2D eigenvalue weighted by Gasteiger charge is 1.87. The minimum absolute atomic E-state index is 0.465. The second-order valence-corrected chi connectivity index (χ2v) is 3.07. The molecule has 0 aromatic carbocycles. The molecule has 0 amide bonds. The maximum absolute atomic E-state index is 9.44. The van der Waals surface area contributed by atoms with Gasteiger partial charge in [0.2, 0.25) is 0 Å². The van der Waals surface area contributed by atoms with Crippen LogP contribution >= 0.6 is 0 Å². The Bertz CT molecular complexity index is 268. The van der Waals surface area contributed by atoms with Gasteiger partial charge in [0.05, 0.1) is 5.41 Å². The standard InChI is InChI=1S/C5H5N.C2H4O3S/c1-2-4-6-5-3-1;1-2-6(3,4)5/h1-5H;2H,1H2,(H,3,4,5). The number of pyridine rings is 1. The van der Waals surface area contributed by atoms with E-state index in [2.05, 4.69) is 11.6 Å². The third kappa shape index (κ3) is 8.80. The number of aromatic nitrogens is 1. The van der Waals surface area contributed by atoms with Gasteiger partial charge in [-0.3, -0.25) is 9.54 Å². The first-order valence-electron chi connectivity index (χ1n) is 3.01. The lowest BCUT2D eigenvalue weighted by molar-refractivity contribution is 0.494. The van der Waals surface area contributed by atoms with E-state index < -0.39 is 10.1 Å². The van der Waals surface area contributed by atoms with Crippen molar-refractivity contribution in [2.45, 2.75) is 0 Å². The van der Waals surface area contributed by atoms with Gasteiger partial charge in [-0.05, 0) is 12.1 Å². The number of hydrogen-bond donors (Lipinski definition) is 1. The summed E-state index contributed by atoms with van der Waals surface area (Å²) in [6.45, 7) is 2.79. The molecule has 66 valence electrons. The molecule has 4 nitrogen and oxygen atoms in total. The molecule has 1 N–H and O–H groups in total. The molecule has 0 aliphatic heterocycles. The van der Waals surface area contributed by atoms with Gasteiger partial charge in [0.25, 0.3) is 10.1 Å². The Labute approximate surface area is 71.3 Å². The van der Waals surface area contributed by atoms with Crippen LogP contribution in [0.4, 0.5) is 0 Å². The topological polar surface area (TPSA) is 67.3 Å². The fourth-order valence-electron chi connectivity index (χ4n) is 0.313. The minimum atomic E-state index is -3.90. The van der Waals surface area contributed by atoms with Gasteiger partial charge in [0.1, 0.15) is 0 Å². The molecule has 0 atom stereocenters. The van der Waals surface area contributed by atoms with E-state index >= 15 is 0 Å². The van der Waals surface area contributed by atoms with E-state index in [1.165, 1.54) is 0 Å². The fourth-order valence-corrected chi connectivity index (χ4v) is 0.313. The molecule has 0 aliphatic carbocycles. The summed E-state index contributed by atoms with van der Waals surface area (Å²) in [5.74, 6) is 0. The third-order valence-electron chi connectivity index (χ3n) is 0.777. The molecule has 0 saturated heterocycles. The summed E-state index contributed by atoms with van der Waals surface area (Å²) < 4.78 is 26.6. The second-order valence-electron chi connectivity index (χ2n) is 1.71. The van der Waals surface area contributed by atoms with Crippen LogP contribution in [0.1, 0.15) is 0 Å². The lowest BCUT2D eigenvalue weighted by Crippen LogP contribution is -1.86. The molecule has 5 heteroatoms. The number of nitrogens with zero attached hydrogens (tertiary/aromatic N) is 1. The average molecular weight is 187 g/mol. The lowest BCUT2D eigenvalue weighted by Gasteiger charge is -1.73. The Morgan fingerprint density at radius 1 is 1.25 bits per heavy atom. The summed E-state index contributed by atoms with van der Waals surface area (Å²) in [5, 5.41) is 0.465. The number of hydrogen-bond acceptors (Lipinski definition) is 3. The normalized spacial score (nSPS) is 9.42. The highest BCUT2D eigenvalue weighted by atomic mass is 32.2. The Balaban J connectivity index is 0.000000202. The van der Waals surface area contributed by atoms with E-state index in [0.29, 0.717) is 5.41 Å². The largest absolute Gasteiger partial charge is 0.287 e. The van der Waals surface area contributed by atoms with Crippen LogP contribution in [-0.4, -0.2) is 18.0 Å². The highest BCUT2D eigenvalue weighted by Crippen LogP contribution is 1.75. The predicted octanol–water partition coefficient (Wildman–Crippen LogP) is 1.10. The summed E-state index contributed by atoms with van der Waals surface area (Å²) in [7, 11) is -3.90. The summed E-state index contributed by atoms with van der Waals surface area (Å²) in [5.41, 5.74) is 0. The SMILES string of the molecule is C=CS(=O)(=O)O.c1ccncc1. The molecule has 1 rings (SSSR count). The second kappa shape index (κ2) is 5.45. The van der Waals surface area contributed by atoms with Crippen LogP contribution in [0.5, 0.6) is 0 Å². The average Bonchev–Trinajstić information content (AvgIpc) is 2.07. The molecule has 0 radical (unpaired) electrons. The van der Waals surface area contributed by atoms with E-state index in [0.717, 1.165) is 0 Å². The Kier molecular flexibility index (Phi) is 4.91. The van der Waals surface area contributed by atoms with Crippen LogP contribution in [0.2, 0.25) is 0 Å². The van der Waals surface area contributed by atoms with Gasteiger partial charge in [-0.15, -0.1) is 0 Å². The van der Waals surface area contributed by atoms with Crippen molar-refractivity contribution in [1.82, 2.24) is 4.98 Å². The monoisotopic (exact) mass is 187 g/mol. The van der Waals surface area contributed by atoms with E-state index in [1.54, 1.807) is 12.4 Å². The molecule has 1 aromatic heterocycles. The molecule has 12 heavy (non-hydrogen) atoms. The molecular weight excluding hydrogens is 178 g/mol. The zero-order chi connectivity index (χ0) is 9.45. The Morgan fingerprint density at radius 2 is 1.67 bits per heavy atom. The van der Waals surface area contributed by atoms with Crippen molar-refractivity contribution in [2.75, 3.05) is 0 Å². The zero-order valence-electron chi connectivity index (χ0n) is 6.29. The molecule has 0 unspecified atom stereocenters.